The Morgan fingerprint density at radius 1 is 0.250 bits per heavy atom. The summed E-state index contributed by atoms with van der Waals surface area (Å²) < 4.78 is 4.67. The molecule has 0 atom stereocenters. The lowest BCUT2D eigenvalue weighted by atomic mass is 10.0. The molecule has 0 bridgehead atoms. The van der Waals surface area contributed by atoms with E-state index < -0.39 is 0 Å². The Balaban J connectivity index is 1.04. The second-order valence-electron chi connectivity index (χ2n) is 16.3. The summed E-state index contributed by atoms with van der Waals surface area (Å²) in [6.45, 7) is 0. The lowest BCUT2D eigenvalue weighted by molar-refractivity contribution is 1.01. The molecule has 6 heteroatoms. The van der Waals surface area contributed by atoms with Crippen LogP contribution in [0.2, 0.25) is 0 Å². The average molecular weight is 817 g/mol. The van der Waals surface area contributed by atoms with Gasteiger partial charge in [0.05, 0.1) is 22.1 Å². The largest absolute Gasteiger partial charge is 0.294 e. The minimum Gasteiger partial charge on any atom is -0.294 e. The van der Waals surface area contributed by atoms with E-state index in [0.29, 0.717) is 17.5 Å². The molecule has 0 spiro atoms. The fourth-order valence-corrected chi connectivity index (χ4v) is 9.62. The zero-order chi connectivity index (χ0) is 42.1. The summed E-state index contributed by atoms with van der Waals surface area (Å²) >= 11 is 0. The molecule has 0 aliphatic carbocycles. The molecule has 0 unspecified atom stereocenters. The lowest BCUT2D eigenvalue weighted by Gasteiger charge is -2.15. The van der Waals surface area contributed by atoms with E-state index in [0.717, 1.165) is 61.5 Å². The van der Waals surface area contributed by atoms with Crippen LogP contribution in [0.3, 0.4) is 0 Å². The second-order valence-corrected chi connectivity index (χ2v) is 16.3. The molecule has 64 heavy (non-hydrogen) atoms. The number of fused-ring (bicyclic) bond motifs is 10. The number of aromatic nitrogens is 6. The van der Waals surface area contributed by atoms with Crippen LogP contribution in [0.5, 0.6) is 0 Å². The number of para-hydroxylation sites is 2. The van der Waals surface area contributed by atoms with Crippen molar-refractivity contribution in [1.29, 1.82) is 0 Å². The standard InChI is InChI=1S/C58H36N6/c1-3-17-40(18-4-1)56-60-57(41-19-5-2-6-20-41)62-58(61-56)42-29-27-37(28-30-42)43-35-52(63-48-25-13-11-23-46(48)54-44-21-9-7-15-38(44)31-33-50(54)63)59-53(36-43)64-49-26-14-12-24-47(49)55-45-22-10-8-16-39(45)32-34-51(55)64/h1-36H. The number of hydrogen-bond acceptors (Lipinski definition) is 4. The first-order valence-electron chi connectivity index (χ1n) is 21.6. The van der Waals surface area contributed by atoms with Crippen LogP contribution in [0.1, 0.15) is 0 Å². The molecule has 6 nitrogen and oxygen atoms in total. The molecule has 0 radical (unpaired) electrons. The smallest absolute Gasteiger partial charge is 0.164 e. The molecule has 13 rings (SSSR count). The molecule has 9 aromatic carbocycles. The number of rotatable bonds is 6. The van der Waals surface area contributed by atoms with Crippen LogP contribution in [-0.4, -0.2) is 29.1 Å². The van der Waals surface area contributed by atoms with Gasteiger partial charge < -0.3 is 0 Å². The van der Waals surface area contributed by atoms with E-state index in [2.05, 4.69) is 167 Å². The fraction of sp³-hybridized carbons (Fsp3) is 0. The van der Waals surface area contributed by atoms with E-state index in [1.54, 1.807) is 0 Å². The van der Waals surface area contributed by atoms with Crippen molar-refractivity contribution in [1.82, 2.24) is 29.1 Å². The maximum atomic E-state index is 5.65. The zero-order valence-electron chi connectivity index (χ0n) is 34.5. The van der Waals surface area contributed by atoms with E-state index in [1.165, 1.54) is 43.1 Å². The molecule has 4 heterocycles. The van der Waals surface area contributed by atoms with Crippen LogP contribution in [0.15, 0.2) is 218 Å². The first-order valence-corrected chi connectivity index (χ1v) is 21.6. The lowest BCUT2D eigenvalue weighted by Crippen LogP contribution is -2.04. The number of pyridine rings is 1. The Morgan fingerprint density at radius 2 is 0.625 bits per heavy atom. The van der Waals surface area contributed by atoms with Crippen LogP contribution in [0.4, 0.5) is 0 Å². The third-order valence-electron chi connectivity index (χ3n) is 12.6. The highest BCUT2D eigenvalue weighted by atomic mass is 15.1. The number of benzene rings is 9. The Bertz CT molecular complexity index is 3710. The minimum absolute atomic E-state index is 0.616. The van der Waals surface area contributed by atoms with Gasteiger partial charge in [0.25, 0.3) is 0 Å². The Morgan fingerprint density at radius 3 is 1.09 bits per heavy atom. The van der Waals surface area contributed by atoms with Crippen molar-refractivity contribution in [2.75, 3.05) is 0 Å². The van der Waals surface area contributed by atoms with Crippen molar-refractivity contribution < 1.29 is 0 Å². The van der Waals surface area contributed by atoms with Gasteiger partial charge in [0.15, 0.2) is 17.5 Å². The van der Waals surface area contributed by atoms with Gasteiger partial charge in [-0.25, -0.2) is 19.9 Å². The van der Waals surface area contributed by atoms with Crippen molar-refractivity contribution in [3.05, 3.63) is 218 Å². The summed E-state index contributed by atoms with van der Waals surface area (Å²) in [4.78, 5) is 20.6. The van der Waals surface area contributed by atoms with Gasteiger partial charge >= 0.3 is 0 Å². The van der Waals surface area contributed by atoms with Crippen molar-refractivity contribution in [3.63, 3.8) is 0 Å². The molecule has 0 aliphatic heterocycles. The zero-order valence-corrected chi connectivity index (χ0v) is 34.5. The van der Waals surface area contributed by atoms with Gasteiger partial charge in [-0.15, -0.1) is 0 Å². The van der Waals surface area contributed by atoms with Gasteiger partial charge in [-0.05, 0) is 69.1 Å². The fourth-order valence-electron chi connectivity index (χ4n) is 9.62. The molecule has 0 saturated heterocycles. The number of hydrogen-bond donors (Lipinski definition) is 0. The van der Waals surface area contributed by atoms with Gasteiger partial charge in [-0.3, -0.25) is 9.13 Å². The Labute approximate surface area is 368 Å². The van der Waals surface area contributed by atoms with Crippen molar-refractivity contribution >= 4 is 65.2 Å². The predicted molar refractivity (Wildman–Crippen MR) is 263 cm³/mol. The molecule has 298 valence electrons. The predicted octanol–water partition coefficient (Wildman–Crippen LogP) is 14.4. The van der Waals surface area contributed by atoms with E-state index >= 15 is 0 Å². The monoisotopic (exact) mass is 816 g/mol. The Hall–Kier alpha value is -8.74. The maximum Gasteiger partial charge on any atom is 0.164 e. The average Bonchev–Trinajstić information content (AvgIpc) is 3.90. The highest BCUT2D eigenvalue weighted by Crippen LogP contribution is 2.40. The van der Waals surface area contributed by atoms with Gasteiger partial charge in [0.1, 0.15) is 11.6 Å². The quantitative estimate of drug-likeness (QED) is 0.168. The van der Waals surface area contributed by atoms with Crippen molar-refractivity contribution in [2.45, 2.75) is 0 Å². The molecule has 0 saturated carbocycles. The molecular formula is C58H36N6. The summed E-state index contributed by atoms with van der Waals surface area (Å²) in [5.41, 5.74) is 9.29. The first-order chi connectivity index (χ1) is 31.7. The van der Waals surface area contributed by atoms with Crippen LogP contribution < -0.4 is 0 Å². The molecule has 0 N–H and O–H groups in total. The molecule has 0 amide bonds. The van der Waals surface area contributed by atoms with E-state index in [1.807, 2.05) is 60.7 Å². The minimum atomic E-state index is 0.616. The van der Waals surface area contributed by atoms with E-state index in [9.17, 15) is 0 Å². The summed E-state index contributed by atoms with van der Waals surface area (Å²) in [6, 6.07) is 76.9. The normalized spacial score (nSPS) is 11.8. The molecule has 13 aromatic rings. The summed E-state index contributed by atoms with van der Waals surface area (Å²) in [7, 11) is 0. The van der Waals surface area contributed by atoms with Gasteiger partial charge in [0, 0.05) is 38.2 Å². The molecular weight excluding hydrogens is 781 g/mol. The van der Waals surface area contributed by atoms with E-state index in [-0.39, 0.29) is 0 Å². The van der Waals surface area contributed by atoms with E-state index in [4.69, 9.17) is 19.9 Å². The molecule has 0 aliphatic rings. The topological polar surface area (TPSA) is 61.4 Å². The second kappa shape index (κ2) is 14.4. The van der Waals surface area contributed by atoms with Gasteiger partial charge in [-0.1, -0.05) is 182 Å². The van der Waals surface area contributed by atoms with Crippen LogP contribution in [0, 0.1) is 0 Å². The SMILES string of the molecule is c1ccc(-c2nc(-c3ccccc3)nc(-c3ccc(-c4cc(-n5c6ccccc6c6c7ccccc7ccc65)nc(-n5c6ccccc6c6c7ccccc7ccc65)c4)cc3)n2)cc1. The highest BCUT2D eigenvalue weighted by molar-refractivity contribution is 6.22. The van der Waals surface area contributed by atoms with Crippen LogP contribution in [-0.2, 0) is 0 Å². The number of nitrogens with zero attached hydrogens (tertiary/aromatic N) is 6. The summed E-state index contributed by atoms with van der Waals surface area (Å²) in [5, 5.41) is 9.69. The first kappa shape index (κ1) is 36.0. The third kappa shape index (κ3) is 5.73. The third-order valence-corrected chi connectivity index (χ3v) is 12.6. The van der Waals surface area contributed by atoms with Crippen LogP contribution >= 0.6 is 0 Å². The summed E-state index contributed by atoms with van der Waals surface area (Å²) in [6.07, 6.45) is 0. The van der Waals surface area contributed by atoms with Crippen molar-refractivity contribution in [2.24, 2.45) is 0 Å². The molecule has 4 aromatic heterocycles. The van der Waals surface area contributed by atoms with Crippen molar-refractivity contribution in [3.8, 4) is 56.9 Å². The van der Waals surface area contributed by atoms with Gasteiger partial charge in [0.2, 0.25) is 0 Å². The van der Waals surface area contributed by atoms with Gasteiger partial charge in [-0.2, -0.15) is 0 Å². The highest BCUT2D eigenvalue weighted by Gasteiger charge is 2.21. The maximum absolute atomic E-state index is 5.65. The summed E-state index contributed by atoms with van der Waals surface area (Å²) in [5.74, 6) is 3.56. The Kier molecular flexibility index (Phi) is 8.11. The molecule has 0 fully saturated rings. The van der Waals surface area contributed by atoms with Crippen LogP contribution in [0.25, 0.3) is 122 Å².